The van der Waals surface area contributed by atoms with Crippen LogP contribution in [0, 0.1) is 4.77 Å². The summed E-state index contributed by atoms with van der Waals surface area (Å²) in [6.45, 7) is 4.93. The molecule has 3 aromatic rings. The minimum atomic E-state index is 0.318. The van der Waals surface area contributed by atoms with E-state index in [1.54, 1.807) is 0 Å². The highest BCUT2D eigenvalue weighted by atomic mass is 35.5. The lowest BCUT2D eigenvalue weighted by Crippen LogP contribution is -2.47. The summed E-state index contributed by atoms with van der Waals surface area (Å²) in [6.07, 6.45) is 0. The third-order valence-electron chi connectivity index (χ3n) is 5.15. The Morgan fingerprint density at radius 2 is 1.69 bits per heavy atom. The van der Waals surface area contributed by atoms with E-state index in [1.165, 1.54) is 5.69 Å². The minimum Gasteiger partial charge on any atom is -0.484 e. The first-order valence-corrected chi connectivity index (χ1v) is 10.4. The van der Waals surface area contributed by atoms with Crippen LogP contribution >= 0.6 is 23.8 Å². The molecular weight excluding hydrogens is 406 g/mol. The average Bonchev–Trinajstić information content (AvgIpc) is 3.02. The highest BCUT2D eigenvalue weighted by molar-refractivity contribution is 7.71. The van der Waals surface area contributed by atoms with Crippen LogP contribution in [0.25, 0.3) is 0 Å². The van der Waals surface area contributed by atoms with Crippen LogP contribution in [0.1, 0.15) is 5.82 Å². The normalized spacial score (nSPS) is 14.9. The van der Waals surface area contributed by atoms with Crippen LogP contribution in [-0.2, 0) is 20.3 Å². The molecule has 0 amide bonds. The van der Waals surface area contributed by atoms with Crippen molar-refractivity contribution < 1.29 is 4.74 Å². The number of benzene rings is 2. The maximum atomic E-state index is 6.16. The summed E-state index contributed by atoms with van der Waals surface area (Å²) in [5.41, 5.74) is 1.28. The quantitative estimate of drug-likeness (QED) is 0.554. The van der Waals surface area contributed by atoms with E-state index in [4.69, 9.17) is 28.6 Å². The molecule has 0 radical (unpaired) electrons. The molecular formula is C21H24ClN5OS. The molecule has 1 saturated heterocycles. The van der Waals surface area contributed by atoms with Crippen molar-refractivity contribution in [3.63, 3.8) is 0 Å². The molecule has 29 heavy (non-hydrogen) atoms. The number of nitrogens with zero attached hydrogens (tertiary/aromatic N) is 5. The smallest absolute Gasteiger partial charge is 0.198 e. The number of halogens is 1. The predicted octanol–water partition coefficient (Wildman–Crippen LogP) is 3.96. The molecule has 0 unspecified atom stereocenters. The Labute approximate surface area is 180 Å². The van der Waals surface area contributed by atoms with Gasteiger partial charge in [0, 0.05) is 38.9 Å². The van der Waals surface area contributed by atoms with Gasteiger partial charge in [-0.2, -0.15) is 5.10 Å². The SMILES string of the molecule is Cn1c(COc2ccccc2Cl)nn(CN2CCN(c3ccccc3)CC2)c1=S. The molecule has 1 aromatic heterocycles. The van der Waals surface area contributed by atoms with Gasteiger partial charge >= 0.3 is 0 Å². The lowest BCUT2D eigenvalue weighted by atomic mass is 10.2. The lowest BCUT2D eigenvalue weighted by molar-refractivity contribution is 0.193. The molecule has 2 aromatic carbocycles. The Morgan fingerprint density at radius 1 is 1.00 bits per heavy atom. The van der Waals surface area contributed by atoms with E-state index in [2.05, 4.69) is 45.2 Å². The first kappa shape index (κ1) is 19.9. The van der Waals surface area contributed by atoms with Gasteiger partial charge in [-0.25, -0.2) is 4.68 Å². The summed E-state index contributed by atoms with van der Waals surface area (Å²) in [6, 6.07) is 18.0. The summed E-state index contributed by atoms with van der Waals surface area (Å²) in [5, 5.41) is 5.26. The van der Waals surface area contributed by atoms with Gasteiger partial charge in [-0.1, -0.05) is 41.9 Å². The topological polar surface area (TPSA) is 38.5 Å². The van der Waals surface area contributed by atoms with Crippen LogP contribution in [0.4, 0.5) is 5.69 Å². The Morgan fingerprint density at radius 3 is 2.41 bits per heavy atom. The third-order valence-corrected chi connectivity index (χ3v) is 5.95. The van der Waals surface area contributed by atoms with E-state index in [9.17, 15) is 0 Å². The third kappa shape index (κ3) is 4.63. The van der Waals surface area contributed by atoms with Gasteiger partial charge in [0.15, 0.2) is 10.6 Å². The molecule has 0 saturated carbocycles. The molecule has 0 atom stereocenters. The molecule has 8 heteroatoms. The van der Waals surface area contributed by atoms with Crippen molar-refractivity contribution in [1.29, 1.82) is 0 Å². The summed E-state index contributed by atoms with van der Waals surface area (Å²) in [4.78, 5) is 4.79. The maximum Gasteiger partial charge on any atom is 0.198 e. The van der Waals surface area contributed by atoms with E-state index < -0.39 is 0 Å². The van der Waals surface area contributed by atoms with Gasteiger partial charge in [0.1, 0.15) is 12.4 Å². The van der Waals surface area contributed by atoms with Gasteiger partial charge in [0.05, 0.1) is 11.7 Å². The molecule has 1 fully saturated rings. The van der Waals surface area contributed by atoms with Crippen molar-refractivity contribution in [2.75, 3.05) is 31.1 Å². The van der Waals surface area contributed by atoms with Crippen molar-refractivity contribution in [2.24, 2.45) is 7.05 Å². The van der Waals surface area contributed by atoms with E-state index >= 15 is 0 Å². The second kappa shape index (κ2) is 8.98. The standard InChI is InChI=1S/C21H24ClN5OS/c1-24-20(15-28-19-10-6-5-9-18(19)22)23-27(21(24)29)16-25-11-13-26(14-12-25)17-7-3-2-4-8-17/h2-10H,11-16H2,1H3. The molecule has 0 N–H and O–H groups in total. The first-order valence-electron chi connectivity index (χ1n) is 9.64. The van der Waals surface area contributed by atoms with Crippen LogP contribution in [0.3, 0.4) is 0 Å². The summed E-state index contributed by atoms with van der Waals surface area (Å²) in [7, 11) is 1.92. The number of piperazine rings is 1. The number of anilines is 1. The molecule has 0 bridgehead atoms. The van der Waals surface area contributed by atoms with Gasteiger partial charge in [0.2, 0.25) is 0 Å². The number of rotatable bonds is 6. The molecule has 0 spiro atoms. The van der Waals surface area contributed by atoms with E-state index in [1.807, 2.05) is 40.6 Å². The zero-order valence-corrected chi connectivity index (χ0v) is 17.9. The number of para-hydroxylation sites is 2. The monoisotopic (exact) mass is 429 g/mol. The Kier molecular flexibility index (Phi) is 6.18. The minimum absolute atomic E-state index is 0.318. The Bertz CT molecular complexity index is 1010. The number of ether oxygens (including phenoxy) is 1. The van der Waals surface area contributed by atoms with Crippen molar-refractivity contribution in [3.05, 3.63) is 70.2 Å². The fourth-order valence-corrected chi connectivity index (χ4v) is 3.82. The number of hydrogen-bond donors (Lipinski definition) is 0. The second-order valence-electron chi connectivity index (χ2n) is 7.06. The molecule has 1 aliphatic rings. The van der Waals surface area contributed by atoms with Crippen LogP contribution in [0.15, 0.2) is 54.6 Å². The fourth-order valence-electron chi connectivity index (χ4n) is 3.43. The zero-order valence-electron chi connectivity index (χ0n) is 16.4. The molecule has 4 rings (SSSR count). The Balaban J connectivity index is 1.37. The molecule has 2 heterocycles. The van der Waals surface area contributed by atoms with E-state index in [-0.39, 0.29) is 0 Å². The van der Waals surface area contributed by atoms with Crippen molar-refractivity contribution >= 4 is 29.5 Å². The Hall–Kier alpha value is -2.35. The molecule has 1 aliphatic heterocycles. The van der Waals surface area contributed by atoms with Crippen LogP contribution in [-0.4, -0.2) is 45.4 Å². The van der Waals surface area contributed by atoms with Gasteiger partial charge in [-0.3, -0.25) is 4.90 Å². The van der Waals surface area contributed by atoms with Crippen LogP contribution in [0.5, 0.6) is 5.75 Å². The summed E-state index contributed by atoms with van der Waals surface area (Å²) >= 11 is 11.7. The van der Waals surface area contributed by atoms with Crippen LogP contribution in [0.2, 0.25) is 5.02 Å². The highest BCUT2D eigenvalue weighted by Gasteiger charge is 2.19. The van der Waals surface area contributed by atoms with Crippen molar-refractivity contribution in [2.45, 2.75) is 13.3 Å². The summed E-state index contributed by atoms with van der Waals surface area (Å²) < 4.78 is 10.3. The van der Waals surface area contributed by atoms with Gasteiger partial charge in [-0.15, -0.1) is 0 Å². The predicted molar refractivity (Wildman–Crippen MR) is 118 cm³/mol. The lowest BCUT2D eigenvalue weighted by Gasteiger charge is -2.35. The van der Waals surface area contributed by atoms with Crippen LogP contribution < -0.4 is 9.64 Å². The fraction of sp³-hybridized carbons (Fsp3) is 0.333. The van der Waals surface area contributed by atoms with E-state index in [0.717, 1.165) is 32.0 Å². The first-order chi connectivity index (χ1) is 14.1. The van der Waals surface area contributed by atoms with E-state index in [0.29, 0.717) is 28.8 Å². The molecule has 0 aliphatic carbocycles. The molecule has 6 nitrogen and oxygen atoms in total. The largest absolute Gasteiger partial charge is 0.484 e. The van der Waals surface area contributed by atoms with Gasteiger partial charge in [0.25, 0.3) is 0 Å². The van der Waals surface area contributed by atoms with Crippen molar-refractivity contribution in [3.8, 4) is 5.75 Å². The zero-order chi connectivity index (χ0) is 20.2. The number of hydrogen-bond acceptors (Lipinski definition) is 5. The highest BCUT2D eigenvalue weighted by Crippen LogP contribution is 2.24. The maximum absolute atomic E-state index is 6.16. The summed E-state index contributed by atoms with van der Waals surface area (Å²) in [5.74, 6) is 1.42. The van der Waals surface area contributed by atoms with Gasteiger partial charge in [-0.05, 0) is 36.5 Å². The number of aromatic nitrogens is 3. The van der Waals surface area contributed by atoms with Gasteiger partial charge < -0.3 is 14.2 Å². The van der Waals surface area contributed by atoms with Crippen molar-refractivity contribution in [1.82, 2.24) is 19.2 Å². The average molecular weight is 430 g/mol. The molecule has 152 valence electrons. The second-order valence-corrected chi connectivity index (χ2v) is 7.83.